The standard InChI is InChI=1S/C19H19ClFNO5/c1-26-15-5-12(6-16(9-15)27-2)10-22(11-19(24)25)18(23)7-13-3-4-14(21)8-17(13)20/h3-6,8-9H,7,10-11H2,1-2H3,(H,24,25). The molecule has 0 aromatic heterocycles. The van der Waals surface area contributed by atoms with E-state index >= 15 is 0 Å². The van der Waals surface area contributed by atoms with E-state index in [1.165, 1.54) is 31.3 Å². The largest absolute Gasteiger partial charge is 0.497 e. The number of halogens is 2. The van der Waals surface area contributed by atoms with Crippen LogP contribution in [0.25, 0.3) is 0 Å². The maximum absolute atomic E-state index is 13.2. The monoisotopic (exact) mass is 395 g/mol. The smallest absolute Gasteiger partial charge is 0.323 e. The summed E-state index contributed by atoms with van der Waals surface area (Å²) in [7, 11) is 2.99. The molecule has 6 nitrogen and oxygen atoms in total. The third-order valence-electron chi connectivity index (χ3n) is 3.82. The van der Waals surface area contributed by atoms with Crippen LogP contribution in [0.5, 0.6) is 11.5 Å². The molecule has 1 amide bonds. The number of carbonyl (C=O) groups excluding carboxylic acids is 1. The van der Waals surface area contributed by atoms with E-state index in [0.29, 0.717) is 22.6 Å². The highest BCUT2D eigenvalue weighted by atomic mass is 35.5. The molecule has 144 valence electrons. The number of hydrogen-bond donors (Lipinski definition) is 1. The molecule has 0 bridgehead atoms. The first kappa shape index (κ1) is 20.5. The van der Waals surface area contributed by atoms with Crippen LogP contribution < -0.4 is 9.47 Å². The normalized spacial score (nSPS) is 10.4. The van der Waals surface area contributed by atoms with E-state index < -0.39 is 24.2 Å². The molecule has 8 heteroatoms. The Labute approximate surface area is 161 Å². The zero-order valence-electron chi connectivity index (χ0n) is 14.9. The Hall–Kier alpha value is -2.80. The number of methoxy groups -OCH3 is 2. The topological polar surface area (TPSA) is 76.1 Å². The number of rotatable bonds is 8. The SMILES string of the molecule is COc1cc(CN(CC(=O)O)C(=O)Cc2ccc(F)cc2Cl)cc(OC)c1. The van der Waals surface area contributed by atoms with Crippen LogP contribution >= 0.6 is 11.6 Å². The highest BCUT2D eigenvalue weighted by Crippen LogP contribution is 2.24. The summed E-state index contributed by atoms with van der Waals surface area (Å²) >= 11 is 5.96. The molecular weight excluding hydrogens is 377 g/mol. The van der Waals surface area contributed by atoms with E-state index in [1.54, 1.807) is 18.2 Å². The highest BCUT2D eigenvalue weighted by molar-refractivity contribution is 6.31. The van der Waals surface area contributed by atoms with Gasteiger partial charge in [-0.25, -0.2) is 4.39 Å². The molecule has 2 aromatic rings. The van der Waals surface area contributed by atoms with Gasteiger partial charge in [-0.15, -0.1) is 0 Å². The van der Waals surface area contributed by atoms with E-state index in [9.17, 15) is 14.0 Å². The first-order valence-electron chi connectivity index (χ1n) is 7.97. The number of amides is 1. The zero-order valence-corrected chi connectivity index (χ0v) is 15.6. The van der Waals surface area contributed by atoms with E-state index in [2.05, 4.69) is 0 Å². The van der Waals surface area contributed by atoms with E-state index in [0.717, 1.165) is 6.07 Å². The molecule has 0 spiro atoms. The van der Waals surface area contributed by atoms with Crippen molar-refractivity contribution in [3.8, 4) is 11.5 Å². The molecule has 0 heterocycles. The van der Waals surface area contributed by atoms with Crippen molar-refractivity contribution in [3.05, 3.63) is 58.4 Å². The molecule has 0 aliphatic rings. The van der Waals surface area contributed by atoms with Gasteiger partial charge in [-0.1, -0.05) is 17.7 Å². The second-order valence-electron chi connectivity index (χ2n) is 5.78. The maximum atomic E-state index is 13.2. The van der Waals surface area contributed by atoms with Gasteiger partial charge in [0.15, 0.2) is 0 Å². The fourth-order valence-corrected chi connectivity index (χ4v) is 2.75. The lowest BCUT2D eigenvalue weighted by Gasteiger charge is -2.22. The predicted octanol–water partition coefficient (Wildman–Crippen LogP) is 3.15. The van der Waals surface area contributed by atoms with Gasteiger partial charge < -0.3 is 19.5 Å². The summed E-state index contributed by atoms with van der Waals surface area (Å²) in [4.78, 5) is 25.0. The predicted molar refractivity (Wildman–Crippen MR) is 97.7 cm³/mol. The second kappa shape index (κ2) is 9.23. The van der Waals surface area contributed by atoms with Gasteiger partial charge in [-0.05, 0) is 35.4 Å². The molecule has 1 N–H and O–H groups in total. The van der Waals surface area contributed by atoms with Crippen LogP contribution in [0.4, 0.5) is 4.39 Å². The molecule has 0 saturated carbocycles. The van der Waals surface area contributed by atoms with Gasteiger partial charge in [-0.2, -0.15) is 0 Å². The van der Waals surface area contributed by atoms with E-state index in [4.69, 9.17) is 26.2 Å². The van der Waals surface area contributed by atoms with Crippen molar-refractivity contribution in [2.75, 3.05) is 20.8 Å². The Morgan fingerprint density at radius 3 is 2.26 bits per heavy atom. The Morgan fingerprint density at radius 2 is 1.74 bits per heavy atom. The summed E-state index contributed by atoms with van der Waals surface area (Å²) < 4.78 is 23.5. The van der Waals surface area contributed by atoms with Gasteiger partial charge in [0.05, 0.1) is 20.6 Å². The molecule has 0 aliphatic heterocycles. The summed E-state index contributed by atoms with van der Waals surface area (Å²) in [5, 5.41) is 9.26. The maximum Gasteiger partial charge on any atom is 0.323 e. The van der Waals surface area contributed by atoms with Crippen molar-refractivity contribution in [2.45, 2.75) is 13.0 Å². The third-order valence-corrected chi connectivity index (χ3v) is 4.17. The lowest BCUT2D eigenvalue weighted by molar-refractivity contribution is -0.144. The number of ether oxygens (including phenoxy) is 2. The number of benzene rings is 2. The van der Waals surface area contributed by atoms with Crippen LogP contribution in [0.2, 0.25) is 5.02 Å². The quantitative estimate of drug-likeness (QED) is 0.743. The van der Waals surface area contributed by atoms with Crippen molar-refractivity contribution in [1.29, 1.82) is 0 Å². The van der Waals surface area contributed by atoms with Crippen LogP contribution in [0.1, 0.15) is 11.1 Å². The highest BCUT2D eigenvalue weighted by Gasteiger charge is 2.19. The van der Waals surface area contributed by atoms with E-state index in [-0.39, 0.29) is 18.0 Å². The molecule has 0 unspecified atom stereocenters. The molecular formula is C19H19ClFNO5. The lowest BCUT2D eigenvalue weighted by atomic mass is 10.1. The lowest BCUT2D eigenvalue weighted by Crippen LogP contribution is -2.36. The van der Waals surface area contributed by atoms with Gasteiger partial charge in [0, 0.05) is 17.6 Å². The number of aliphatic carboxylic acids is 1. The molecule has 0 fully saturated rings. The Bertz CT molecular complexity index is 821. The molecule has 27 heavy (non-hydrogen) atoms. The van der Waals surface area contributed by atoms with Crippen molar-refractivity contribution in [1.82, 2.24) is 4.90 Å². The summed E-state index contributed by atoms with van der Waals surface area (Å²) in [5.41, 5.74) is 1.06. The van der Waals surface area contributed by atoms with Gasteiger partial charge >= 0.3 is 5.97 Å². The summed E-state index contributed by atoms with van der Waals surface area (Å²) in [6, 6.07) is 8.76. The van der Waals surface area contributed by atoms with E-state index in [1.807, 2.05) is 0 Å². The number of carboxylic acids is 1. The minimum absolute atomic E-state index is 0.0392. The summed E-state index contributed by atoms with van der Waals surface area (Å²) in [5.74, 6) is -1.07. The summed E-state index contributed by atoms with van der Waals surface area (Å²) in [6.07, 6.45) is -0.145. The number of carbonyl (C=O) groups is 2. The van der Waals surface area contributed by atoms with Gasteiger partial charge in [-0.3, -0.25) is 9.59 Å². The van der Waals surface area contributed by atoms with Crippen LogP contribution in [-0.2, 0) is 22.6 Å². The molecule has 2 aromatic carbocycles. The molecule has 0 saturated heterocycles. The third kappa shape index (κ3) is 5.86. The van der Waals surface area contributed by atoms with Crippen molar-refractivity contribution in [3.63, 3.8) is 0 Å². The second-order valence-corrected chi connectivity index (χ2v) is 6.18. The Morgan fingerprint density at radius 1 is 1.11 bits per heavy atom. The van der Waals surface area contributed by atoms with Gasteiger partial charge in [0.1, 0.15) is 23.9 Å². The van der Waals surface area contributed by atoms with Crippen LogP contribution in [0, 0.1) is 5.82 Å². The van der Waals surface area contributed by atoms with Crippen LogP contribution in [0.3, 0.4) is 0 Å². The Balaban J connectivity index is 2.24. The fourth-order valence-electron chi connectivity index (χ4n) is 2.51. The number of nitrogens with zero attached hydrogens (tertiary/aromatic N) is 1. The summed E-state index contributed by atoms with van der Waals surface area (Å²) in [6.45, 7) is -0.450. The van der Waals surface area contributed by atoms with Gasteiger partial charge in [0.25, 0.3) is 0 Å². The average Bonchev–Trinajstić information content (AvgIpc) is 2.62. The van der Waals surface area contributed by atoms with Crippen LogP contribution in [-0.4, -0.2) is 42.6 Å². The molecule has 2 rings (SSSR count). The van der Waals surface area contributed by atoms with Gasteiger partial charge in [0.2, 0.25) is 5.91 Å². The number of carboxylic acid groups (broad SMARTS) is 1. The molecule has 0 atom stereocenters. The molecule has 0 radical (unpaired) electrons. The van der Waals surface area contributed by atoms with Crippen LogP contribution in [0.15, 0.2) is 36.4 Å². The Kier molecular flexibility index (Phi) is 7.01. The van der Waals surface area contributed by atoms with Crippen molar-refractivity contribution < 1.29 is 28.6 Å². The van der Waals surface area contributed by atoms with Crippen molar-refractivity contribution in [2.24, 2.45) is 0 Å². The van der Waals surface area contributed by atoms with Crippen molar-refractivity contribution >= 4 is 23.5 Å². The first-order valence-corrected chi connectivity index (χ1v) is 8.35. The fraction of sp³-hybridized carbons (Fsp3) is 0.263. The minimum Gasteiger partial charge on any atom is -0.497 e. The zero-order chi connectivity index (χ0) is 20.0. The number of hydrogen-bond acceptors (Lipinski definition) is 4. The minimum atomic E-state index is -1.15. The molecule has 0 aliphatic carbocycles. The average molecular weight is 396 g/mol. The first-order chi connectivity index (χ1) is 12.8.